The maximum atomic E-state index is 12.9. The van der Waals surface area contributed by atoms with Crippen molar-refractivity contribution in [1.29, 1.82) is 0 Å². The van der Waals surface area contributed by atoms with Crippen LogP contribution in [0.4, 0.5) is 0 Å². The fraction of sp³-hybridized carbons (Fsp3) is 0.920. The quantitative estimate of drug-likeness (QED) is 0.510. The Hall–Kier alpha value is -1.14. The number of piperidine rings is 1. The zero-order valence-electron chi connectivity index (χ0n) is 19.4. The highest BCUT2D eigenvalue weighted by Gasteiger charge is 2.58. The van der Waals surface area contributed by atoms with Crippen molar-refractivity contribution in [1.82, 2.24) is 4.90 Å². The molecule has 174 valence electrons. The second kappa shape index (κ2) is 7.18. The first kappa shape index (κ1) is 21.7. The molecule has 2 saturated heterocycles. The van der Waals surface area contributed by atoms with E-state index in [2.05, 4.69) is 4.90 Å². The first-order chi connectivity index (χ1) is 14.5. The highest BCUT2D eigenvalue weighted by Crippen LogP contribution is 2.61. The molecule has 0 aromatic rings. The molecule has 3 atom stereocenters. The predicted octanol–water partition coefficient (Wildman–Crippen LogP) is 3.57. The number of esters is 1. The predicted molar refractivity (Wildman–Crippen MR) is 117 cm³/mol. The molecule has 0 aromatic heterocycles. The number of fused-ring (bicyclic) bond motifs is 2. The van der Waals surface area contributed by atoms with Crippen molar-refractivity contribution in [3.8, 4) is 0 Å². The fourth-order valence-corrected chi connectivity index (χ4v) is 8.57. The third kappa shape index (κ3) is 3.72. The molecule has 0 spiro atoms. The summed E-state index contributed by atoms with van der Waals surface area (Å²) in [5, 5.41) is 9.98. The normalized spacial score (nSPS) is 43.6. The lowest BCUT2D eigenvalue weighted by Gasteiger charge is -2.59. The third-order valence-corrected chi connectivity index (χ3v) is 9.30. The molecule has 6 fully saturated rings. The zero-order valence-corrected chi connectivity index (χ0v) is 19.4. The van der Waals surface area contributed by atoms with Crippen LogP contribution in [-0.2, 0) is 14.3 Å². The van der Waals surface area contributed by atoms with Gasteiger partial charge in [0.05, 0.1) is 0 Å². The second-order valence-electron chi connectivity index (χ2n) is 12.8. The molecule has 6 heteroatoms. The summed E-state index contributed by atoms with van der Waals surface area (Å²) in [5.74, 6) is 0.420. The fourth-order valence-electron chi connectivity index (χ4n) is 8.57. The molecule has 31 heavy (non-hydrogen) atoms. The van der Waals surface area contributed by atoms with E-state index in [-0.39, 0.29) is 5.92 Å². The molecule has 0 radical (unpaired) electrons. The molecule has 0 aromatic carbocycles. The van der Waals surface area contributed by atoms with Crippen LogP contribution in [0.25, 0.3) is 0 Å². The molecule has 6 aliphatic rings. The van der Waals surface area contributed by atoms with Crippen LogP contribution < -0.4 is 5.73 Å². The van der Waals surface area contributed by atoms with Crippen LogP contribution in [0.2, 0.25) is 0 Å². The van der Waals surface area contributed by atoms with Gasteiger partial charge in [0.15, 0.2) is 0 Å². The lowest BCUT2D eigenvalue weighted by molar-refractivity contribution is -0.174. The van der Waals surface area contributed by atoms with E-state index in [4.69, 9.17) is 10.5 Å². The summed E-state index contributed by atoms with van der Waals surface area (Å²) in [7, 11) is 0. The van der Waals surface area contributed by atoms with E-state index in [1.165, 1.54) is 45.1 Å². The van der Waals surface area contributed by atoms with Crippen molar-refractivity contribution in [2.24, 2.45) is 34.8 Å². The standard InChI is InChI=1S/C25H40N2O4/c1-23(2,3)31-22(30)25(26,21(28)29)18-9-19-4-5-20(10-18)27(19)14-24-11-15-6-16(12-24)8-17(7-15)13-24/h15-20H,4-14,26H2,1-3H3,(H,28,29)/t15?,16?,17?,18?,19?,20?,24?,25-/m0/s1. The van der Waals surface area contributed by atoms with Crippen molar-refractivity contribution in [2.45, 2.75) is 108 Å². The number of carbonyl (C=O) groups is 2. The maximum Gasteiger partial charge on any atom is 0.338 e. The van der Waals surface area contributed by atoms with Crippen molar-refractivity contribution < 1.29 is 19.4 Å². The van der Waals surface area contributed by atoms with E-state index < -0.39 is 23.1 Å². The minimum Gasteiger partial charge on any atom is -0.479 e. The van der Waals surface area contributed by atoms with Gasteiger partial charge in [0.25, 0.3) is 0 Å². The van der Waals surface area contributed by atoms with Gasteiger partial charge in [0, 0.05) is 24.5 Å². The highest BCUT2D eigenvalue weighted by atomic mass is 16.6. The van der Waals surface area contributed by atoms with Gasteiger partial charge in [0.1, 0.15) is 5.60 Å². The number of carboxylic acid groups (broad SMARTS) is 1. The van der Waals surface area contributed by atoms with Crippen molar-refractivity contribution in [3.05, 3.63) is 0 Å². The van der Waals surface area contributed by atoms with Crippen LogP contribution in [0.15, 0.2) is 0 Å². The van der Waals surface area contributed by atoms with Gasteiger partial charge in [-0.15, -0.1) is 0 Å². The monoisotopic (exact) mass is 432 g/mol. The van der Waals surface area contributed by atoms with Crippen LogP contribution in [0.3, 0.4) is 0 Å². The molecular weight excluding hydrogens is 392 g/mol. The number of carboxylic acids is 1. The Morgan fingerprint density at radius 3 is 1.87 bits per heavy atom. The van der Waals surface area contributed by atoms with Gasteiger partial charge in [-0.2, -0.15) is 0 Å². The van der Waals surface area contributed by atoms with E-state index in [0.717, 1.165) is 30.6 Å². The first-order valence-corrected chi connectivity index (χ1v) is 12.5. The van der Waals surface area contributed by atoms with Crippen LogP contribution in [0.1, 0.15) is 85.0 Å². The number of hydrogen-bond donors (Lipinski definition) is 2. The molecule has 6 nitrogen and oxygen atoms in total. The maximum absolute atomic E-state index is 12.9. The smallest absolute Gasteiger partial charge is 0.338 e. The minimum absolute atomic E-state index is 0.349. The van der Waals surface area contributed by atoms with Crippen LogP contribution in [0.5, 0.6) is 0 Å². The third-order valence-electron chi connectivity index (χ3n) is 9.30. The first-order valence-electron chi connectivity index (χ1n) is 12.5. The molecule has 3 N–H and O–H groups in total. The molecule has 6 bridgehead atoms. The Labute approximate surface area is 186 Å². The Kier molecular flexibility index (Phi) is 5.02. The van der Waals surface area contributed by atoms with Gasteiger partial charge in [-0.3, -0.25) is 4.90 Å². The number of hydrogen-bond acceptors (Lipinski definition) is 5. The Morgan fingerprint density at radius 1 is 0.968 bits per heavy atom. The van der Waals surface area contributed by atoms with Gasteiger partial charge in [-0.1, -0.05) is 0 Å². The van der Waals surface area contributed by atoms with Crippen LogP contribution in [-0.4, -0.2) is 51.7 Å². The lowest BCUT2D eigenvalue weighted by Crippen LogP contribution is -2.65. The summed E-state index contributed by atoms with van der Waals surface area (Å²) in [6, 6.07) is 0.697. The molecule has 6 rings (SSSR count). The highest BCUT2D eigenvalue weighted by molar-refractivity contribution is 6.04. The number of carbonyl (C=O) groups excluding carboxylic acids is 1. The molecule has 2 heterocycles. The number of nitrogens with zero attached hydrogens (tertiary/aromatic N) is 1. The largest absolute Gasteiger partial charge is 0.479 e. The van der Waals surface area contributed by atoms with E-state index in [1.54, 1.807) is 20.8 Å². The summed E-state index contributed by atoms with van der Waals surface area (Å²) >= 11 is 0. The Balaban J connectivity index is 1.31. The van der Waals surface area contributed by atoms with Crippen molar-refractivity contribution >= 4 is 11.9 Å². The Bertz CT molecular complexity index is 710. The molecule has 4 saturated carbocycles. The zero-order chi connectivity index (χ0) is 22.2. The van der Waals surface area contributed by atoms with E-state index >= 15 is 0 Å². The molecule has 2 aliphatic heterocycles. The SMILES string of the molecule is CC(C)(C)OC(=O)[C@@](N)(C(=O)O)C1CC2CCC(C1)N2CC12CC3CC(CC(C3)C1)C2. The number of rotatable bonds is 5. The molecular formula is C25H40N2O4. The van der Waals surface area contributed by atoms with Crippen molar-refractivity contribution in [3.63, 3.8) is 0 Å². The number of aliphatic carboxylic acids is 1. The van der Waals surface area contributed by atoms with Gasteiger partial charge >= 0.3 is 11.9 Å². The second-order valence-corrected chi connectivity index (χ2v) is 12.8. The van der Waals surface area contributed by atoms with Gasteiger partial charge in [-0.25, -0.2) is 9.59 Å². The molecule has 4 aliphatic carbocycles. The van der Waals surface area contributed by atoms with Crippen molar-refractivity contribution in [2.75, 3.05) is 6.54 Å². The number of ether oxygens (including phenoxy) is 1. The topological polar surface area (TPSA) is 92.9 Å². The van der Waals surface area contributed by atoms with E-state index in [9.17, 15) is 14.7 Å². The summed E-state index contributed by atoms with van der Waals surface area (Å²) in [6.07, 6.45) is 12.1. The average molecular weight is 433 g/mol. The minimum atomic E-state index is -1.96. The summed E-state index contributed by atoms with van der Waals surface area (Å²) in [6.45, 7) is 6.44. The van der Waals surface area contributed by atoms with Gasteiger partial charge < -0.3 is 15.6 Å². The van der Waals surface area contributed by atoms with Crippen LogP contribution in [0, 0.1) is 29.1 Å². The number of nitrogens with two attached hydrogens (primary N) is 1. The average Bonchev–Trinajstić information content (AvgIpc) is 2.85. The summed E-state index contributed by atoms with van der Waals surface area (Å²) in [4.78, 5) is 27.8. The van der Waals surface area contributed by atoms with Gasteiger partial charge in [-0.05, 0) is 108 Å². The van der Waals surface area contributed by atoms with E-state index in [0.29, 0.717) is 30.3 Å². The van der Waals surface area contributed by atoms with Gasteiger partial charge in [0.2, 0.25) is 5.54 Å². The summed E-state index contributed by atoms with van der Waals surface area (Å²) < 4.78 is 5.47. The lowest BCUT2D eigenvalue weighted by atomic mass is 9.49. The van der Waals surface area contributed by atoms with E-state index in [1.807, 2.05) is 0 Å². The summed E-state index contributed by atoms with van der Waals surface area (Å²) in [5.41, 5.74) is 4.13. The Morgan fingerprint density at radius 2 is 1.45 bits per heavy atom. The van der Waals surface area contributed by atoms with Crippen LogP contribution >= 0.6 is 0 Å². The molecule has 0 amide bonds. The molecule has 2 unspecified atom stereocenters.